The molecule has 4 aromatic rings. The van der Waals surface area contributed by atoms with Gasteiger partial charge in [-0.2, -0.15) is 4.98 Å². The Labute approximate surface area is 185 Å². The first-order valence-electron chi connectivity index (χ1n) is 10.5. The van der Waals surface area contributed by atoms with E-state index in [9.17, 15) is 0 Å². The van der Waals surface area contributed by atoms with Crippen LogP contribution in [-0.2, 0) is 0 Å². The van der Waals surface area contributed by atoms with Gasteiger partial charge in [0.15, 0.2) is 5.76 Å². The molecule has 0 aliphatic carbocycles. The van der Waals surface area contributed by atoms with Crippen molar-refractivity contribution in [1.82, 2.24) is 20.0 Å². The Kier molecular flexibility index (Phi) is 5.57. The lowest BCUT2D eigenvalue weighted by atomic mass is 9.96. The van der Waals surface area contributed by atoms with Crippen LogP contribution in [0.15, 0.2) is 69.7 Å². The lowest BCUT2D eigenvalue weighted by Crippen LogP contribution is -2.36. The lowest BCUT2D eigenvalue weighted by Gasteiger charge is -2.34. The third-order valence-corrected chi connectivity index (χ3v) is 6.09. The van der Waals surface area contributed by atoms with Crippen LogP contribution in [0.2, 0.25) is 5.02 Å². The largest absolute Gasteiger partial charge is 0.439 e. The fourth-order valence-corrected chi connectivity index (χ4v) is 4.18. The van der Waals surface area contributed by atoms with Gasteiger partial charge in [0.05, 0.1) is 18.2 Å². The number of hydrogen-bond donors (Lipinski definition) is 0. The van der Waals surface area contributed by atoms with E-state index in [0.717, 1.165) is 48.7 Å². The Hall–Kier alpha value is -2.96. The van der Waals surface area contributed by atoms with Crippen LogP contribution in [0.1, 0.15) is 43.5 Å². The molecule has 0 saturated carbocycles. The molecule has 2 aromatic heterocycles. The zero-order valence-corrected chi connectivity index (χ0v) is 18.0. The number of nitrogens with zero attached hydrogens (tertiary/aromatic N) is 4. The Morgan fingerprint density at radius 1 is 1.06 bits per heavy atom. The second kappa shape index (κ2) is 8.65. The molecule has 1 aliphatic rings. The highest BCUT2D eigenvalue weighted by Crippen LogP contribution is 2.33. The SMILES string of the molecule is CC(c1ncc(-c2ccccc2)o1)N1CCCC(c2nc(-c3ccc(Cl)cc3)no2)C1. The minimum atomic E-state index is 0.0684. The highest BCUT2D eigenvalue weighted by Gasteiger charge is 2.30. The van der Waals surface area contributed by atoms with Gasteiger partial charge in [0.25, 0.3) is 0 Å². The Morgan fingerprint density at radius 2 is 1.87 bits per heavy atom. The van der Waals surface area contributed by atoms with E-state index in [0.29, 0.717) is 16.7 Å². The highest BCUT2D eigenvalue weighted by molar-refractivity contribution is 6.30. The second-order valence-corrected chi connectivity index (χ2v) is 8.34. The van der Waals surface area contributed by atoms with E-state index in [2.05, 4.69) is 26.9 Å². The molecule has 2 aromatic carbocycles. The van der Waals surface area contributed by atoms with Gasteiger partial charge in [-0.1, -0.05) is 47.1 Å². The van der Waals surface area contributed by atoms with Crippen molar-refractivity contribution in [3.8, 4) is 22.7 Å². The molecule has 6 nitrogen and oxygen atoms in total. The van der Waals surface area contributed by atoms with Gasteiger partial charge in [0, 0.05) is 22.7 Å². The topological polar surface area (TPSA) is 68.2 Å². The third-order valence-electron chi connectivity index (χ3n) is 5.83. The Bertz CT molecular complexity index is 1140. The van der Waals surface area contributed by atoms with Crippen molar-refractivity contribution in [3.05, 3.63) is 77.6 Å². The van der Waals surface area contributed by atoms with Gasteiger partial charge in [-0.15, -0.1) is 0 Å². The van der Waals surface area contributed by atoms with Crippen LogP contribution in [-0.4, -0.2) is 33.1 Å². The summed E-state index contributed by atoms with van der Waals surface area (Å²) in [6, 6.07) is 17.6. The monoisotopic (exact) mass is 434 g/mol. The number of likely N-dealkylation sites (tertiary alicyclic amines) is 1. The number of benzene rings is 2. The average molecular weight is 435 g/mol. The van der Waals surface area contributed by atoms with Crippen LogP contribution in [0, 0.1) is 0 Å². The summed E-state index contributed by atoms with van der Waals surface area (Å²) in [5.41, 5.74) is 1.93. The van der Waals surface area contributed by atoms with Gasteiger partial charge in [-0.25, -0.2) is 4.98 Å². The van der Waals surface area contributed by atoms with E-state index in [4.69, 9.17) is 20.5 Å². The predicted molar refractivity (Wildman–Crippen MR) is 119 cm³/mol. The van der Waals surface area contributed by atoms with Crippen molar-refractivity contribution in [3.63, 3.8) is 0 Å². The summed E-state index contributed by atoms with van der Waals surface area (Å²) >= 11 is 5.98. The molecule has 0 radical (unpaired) electrons. The summed E-state index contributed by atoms with van der Waals surface area (Å²) in [6.45, 7) is 3.95. The van der Waals surface area contributed by atoms with Gasteiger partial charge < -0.3 is 8.94 Å². The van der Waals surface area contributed by atoms with Crippen molar-refractivity contribution >= 4 is 11.6 Å². The van der Waals surface area contributed by atoms with Crippen molar-refractivity contribution in [1.29, 1.82) is 0 Å². The molecule has 0 amide bonds. The van der Waals surface area contributed by atoms with E-state index in [1.807, 2.05) is 54.6 Å². The molecule has 1 saturated heterocycles. The maximum absolute atomic E-state index is 6.08. The zero-order valence-electron chi connectivity index (χ0n) is 17.2. The quantitative estimate of drug-likeness (QED) is 0.384. The first kappa shape index (κ1) is 20.0. The molecule has 5 rings (SSSR count). The van der Waals surface area contributed by atoms with Gasteiger partial charge in [-0.05, 0) is 50.6 Å². The molecule has 7 heteroatoms. The molecule has 2 atom stereocenters. The van der Waals surface area contributed by atoms with Crippen LogP contribution in [0.25, 0.3) is 22.7 Å². The molecule has 2 unspecified atom stereocenters. The summed E-state index contributed by atoms with van der Waals surface area (Å²) < 4.78 is 11.7. The maximum Gasteiger partial charge on any atom is 0.231 e. The molecular formula is C24H23ClN4O2. The van der Waals surface area contributed by atoms with Crippen LogP contribution < -0.4 is 0 Å². The summed E-state index contributed by atoms with van der Waals surface area (Å²) in [4.78, 5) is 11.6. The smallest absolute Gasteiger partial charge is 0.231 e. The molecule has 0 N–H and O–H groups in total. The van der Waals surface area contributed by atoms with Crippen LogP contribution in [0.5, 0.6) is 0 Å². The Balaban J connectivity index is 1.29. The second-order valence-electron chi connectivity index (χ2n) is 7.90. The van der Waals surface area contributed by atoms with Crippen LogP contribution in [0.3, 0.4) is 0 Å². The Morgan fingerprint density at radius 3 is 2.68 bits per heavy atom. The van der Waals surface area contributed by atoms with Gasteiger partial charge in [0.2, 0.25) is 17.6 Å². The van der Waals surface area contributed by atoms with Crippen molar-refractivity contribution in [2.24, 2.45) is 0 Å². The number of rotatable bonds is 5. The number of piperidine rings is 1. The van der Waals surface area contributed by atoms with Crippen molar-refractivity contribution in [2.45, 2.75) is 31.7 Å². The predicted octanol–water partition coefficient (Wildman–Crippen LogP) is 5.99. The highest BCUT2D eigenvalue weighted by atomic mass is 35.5. The normalized spacial score (nSPS) is 18.2. The standard InChI is InChI=1S/C24H23ClN4O2/c1-16(23-26-14-21(30-23)17-6-3-2-4-7-17)29-13-5-8-19(15-29)24-27-22(28-31-24)18-9-11-20(25)12-10-18/h2-4,6-7,9-12,14,16,19H,5,8,13,15H2,1H3. The molecular weight excluding hydrogens is 412 g/mol. The molecule has 31 heavy (non-hydrogen) atoms. The molecule has 3 heterocycles. The van der Waals surface area contributed by atoms with Crippen LogP contribution >= 0.6 is 11.6 Å². The zero-order chi connectivity index (χ0) is 21.2. The first-order chi connectivity index (χ1) is 15.2. The van der Waals surface area contributed by atoms with Crippen molar-refractivity contribution < 1.29 is 8.94 Å². The number of halogens is 1. The fraction of sp³-hybridized carbons (Fsp3) is 0.292. The number of hydrogen-bond acceptors (Lipinski definition) is 6. The number of aromatic nitrogens is 3. The van der Waals surface area contributed by atoms with E-state index in [1.54, 1.807) is 6.20 Å². The summed E-state index contributed by atoms with van der Waals surface area (Å²) in [6.07, 6.45) is 3.88. The molecule has 0 spiro atoms. The fourth-order valence-electron chi connectivity index (χ4n) is 4.05. The summed E-state index contributed by atoms with van der Waals surface area (Å²) in [5.74, 6) is 2.98. The minimum Gasteiger partial charge on any atom is -0.439 e. The first-order valence-corrected chi connectivity index (χ1v) is 10.9. The van der Waals surface area contributed by atoms with E-state index in [1.165, 1.54) is 0 Å². The summed E-state index contributed by atoms with van der Waals surface area (Å²) in [5, 5.41) is 4.86. The summed E-state index contributed by atoms with van der Waals surface area (Å²) in [7, 11) is 0. The lowest BCUT2D eigenvalue weighted by molar-refractivity contribution is 0.128. The van der Waals surface area contributed by atoms with E-state index >= 15 is 0 Å². The number of oxazole rings is 1. The van der Waals surface area contributed by atoms with E-state index < -0.39 is 0 Å². The van der Waals surface area contributed by atoms with Gasteiger partial charge >= 0.3 is 0 Å². The maximum atomic E-state index is 6.08. The van der Waals surface area contributed by atoms with Gasteiger partial charge in [0.1, 0.15) is 0 Å². The molecule has 158 valence electrons. The van der Waals surface area contributed by atoms with Crippen molar-refractivity contribution in [2.75, 3.05) is 13.1 Å². The van der Waals surface area contributed by atoms with Gasteiger partial charge in [-0.3, -0.25) is 4.90 Å². The van der Waals surface area contributed by atoms with E-state index in [-0.39, 0.29) is 12.0 Å². The molecule has 1 fully saturated rings. The molecule has 1 aliphatic heterocycles. The minimum absolute atomic E-state index is 0.0684. The average Bonchev–Trinajstić information content (AvgIpc) is 3.50. The third kappa shape index (κ3) is 4.27. The molecule has 0 bridgehead atoms. The van der Waals surface area contributed by atoms with Crippen LogP contribution in [0.4, 0.5) is 0 Å².